The molecule has 0 unspecified atom stereocenters. The number of fused-ring (bicyclic) bond motifs is 1. The second kappa shape index (κ2) is 7.51. The molecule has 1 aliphatic rings. The van der Waals surface area contributed by atoms with E-state index >= 15 is 0 Å². The van der Waals surface area contributed by atoms with Crippen LogP contribution in [0.1, 0.15) is 12.6 Å². The van der Waals surface area contributed by atoms with E-state index < -0.39 is 0 Å². The molecule has 0 amide bonds. The number of aromatic amines is 1. The predicted molar refractivity (Wildman–Crippen MR) is 113 cm³/mol. The summed E-state index contributed by atoms with van der Waals surface area (Å²) in [6.07, 6.45) is 5.36. The van der Waals surface area contributed by atoms with Crippen LogP contribution in [0.15, 0.2) is 36.8 Å². The quantitative estimate of drug-likeness (QED) is 0.536. The van der Waals surface area contributed by atoms with Crippen molar-refractivity contribution in [1.82, 2.24) is 29.7 Å². The van der Waals surface area contributed by atoms with Gasteiger partial charge in [-0.25, -0.2) is 15.0 Å². The maximum absolute atomic E-state index is 9.87. The molecule has 0 aromatic carbocycles. The summed E-state index contributed by atoms with van der Waals surface area (Å²) in [6, 6.07) is 6.08. The molecule has 1 fully saturated rings. The Balaban J connectivity index is 1.72. The molecule has 0 spiro atoms. The van der Waals surface area contributed by atoms with Gasteiger partial charge in [-0.2, -0.15) is 5.10 Å². The molecule has 0 bridgehead atoms. The molecule has 154 valence electrons. The highest BCUT2D eigenvalue weighted by Crippen LogP contribution is 2.31. The van der Waals surface area contributed by atoms with Gasteiger partial charge < -0.3 is 19.7 Å². The number of ether oxygens (including phenoxy) is 1. The van der Waals surface area contributed by atoms with Crippen molar-refractivity contribution >= 4 is 16.9 Å². The summed E-state index contributed by atoms with van der Waals surface area (Å²) in [7, 11) is 1.81. The Bertz CT molecular complexity index is 1200. The summed E-state index contributed by atoms with van der Waals surface area (Å²) < 4.78 is 7.28. The summed E-state index contributed by atoms with van der Waals surface area (Å²) in [6.45, 7) is 4.07. The van der Waals surface area contributed by atoms with E-state index in [1.54, 1.807) is 17.1 Å². The van der Waals surface area contributed by atoms with E-state index in [-0.39, 0.29) is 12.6 Å². The Morgan fingerprint density at radius 3 is 3.00 bits per heavy atom. The Kier molecular flexibility index (Phi) is 4.68. The molecule has 5 rings (SSSR count). The minimum absolute atomic E-state index is 0.119. The number of rotatable bonds is 4. The van der Waals surface area contributed by atoms with Crippen LogP contribution in [-0.2, 0) is 18.4 Å². The Morgan fingerprint density at radius 2 is 2.17 bits per heavy atom. The highest BCUT2D eigenvalue weighted by molar-refractivity contribution is 5.91. The standard InChI is InChI=1S/C21H23N7O2/c1-13-12-30-8-7-28(13)19-9-17(16-10-24-27(2)18(16)11-29)25-21(26-19)15-4-6-23-20-14(15)3-5-22-20/h3-6,9-10,13,29H,7-8,11-12H2,1-2H3,(H,22,23)/t13-/m1/s1. The zero-order chi connectivity index (χ0) is 20.7. The number of aliphatic hydroxyl groups excluding tert-OH is 1. The van der Waals surface area contributed by atoms with Crippen LogP contribution >= 0.6 is 0 Å². The number of nitrogens with zero attached hydrogens (tertiary/aromatic N) is 6. The maximum Gasteiger partial charge on any atom is 0.162 e. The molecule has 9 nitrogen and oxygen atoms in total. The van der Waals surface area contributed by atoms with Crippen molar-refractivity contribution in [2.24, 2.45) is 7.05 Å². The predicted octanol–water partition coefficient (Wildman–Crippen LogP) is 2.14. The summed E-state index contributed by atoms with van der Waals surface area (Å²) in [5, 5.41) is 15.1. The number of H-pyrrole nitrogens is 1. The monoisotopic (exact) mass is 405 g/mol. The highest BCUT2D eigenvalue weighted by atomic mass is 16.5. The molecule has 0 aliphatic carbocycles. The molecule has 1 atom stereocenters. The first kappa shape index (κ1) is 18.7. The zero-order valence-corrected chi connectivity index (χ0v) is 16.9. The molecular weight excluding hydrogens is 382 g/mol. The average Bonchev–Trinajstić information content (AvgIpc) is 3.39. The molecule has 4 aromatic heterocycles. The van der Waals surface area contributed by atoms with Crippen molar-refractivity contribution in [3.05, 3.63) is 42.5 Å². The zero-order valence-electron chi connectivity index (χ0n) is 16.9. The molecular formula is C21H23N7O2. The van der Waals surface area contributed by atoms with Crippen molar-refractivity contribution in [2.75, 3.05) is 24.7 Å². The van der Waals surface area contributed by atoms with Crippen LogP contribution < -0.4 is 4.90 Å². The smallest absolute Gasteiger partial charge is 0.162 e. The summed E-state index contributed by atoms with van der Waals surface area (Å²) in [5.74, 6) is 1.44. The summed E-state index contributed by atoms with van der Waals surface area (Å²) in [5.41, 5.74) is 3.93. The van der Waals surface area contributed by atoms with Crippen LogP contribution in [0.5, 0.6) is 0 Å². The number of aliphatic hydroxyl groups is 1. The molecule has 4 aromatic rings. The number of anilines is 1. The van der Waals surface area contributed by atoms with Gasteiger partial charge in [-0.05, 0) is 19.1 Å². The van der Waals surface area contributed by atoms with Gasteiger partial charge in [0.05, 0.1) is 43.4 Å². The number of nitrogens with one attached hydrogen (secondary N) is 1. The molecule has 2 N–H and O–H groups in total. The van der Waals surface area contributed by atoms with Crippen LogP contribution in [0, 0.1) is 0 Å². The van der Waals surface area contributed by atoms with E-state index in [9.17, 15) is 5.11 Å². The van der Waals surface area contributed by atoms with Gasteiger partial charge in [0.1, 0.15) is 11.5 Å². The summed E-state index contributed by atoms with van der Waals surface area (Å²) >= 11 is 0. The van der Waals surface area contributed by atoms with Gasteiger partial charge in [-0.3, -0.25) is 4.68 Å². The van der Waals surface area contributed by atoms with Gasteiger partial charge in [0, 0.05) is 48.6 Å². The van der Waals surface area contributed by atoms with Crippen LogP contribution in [-0.4, -0.2) is 60.6 Å². The van der Waals surface area contributed by atoms with Gasteiger partial charge in [-0.15, -0.1) is 0 Å². The summed E-state index contributed by atoms with van der Waals surface area (Å²) in [4.78, 5) is 19.6. The van der Waals surface area contributed by atoms with Gasteiger partial charge in [0.2, 0.25) is 0 Å². The first-order valence-electron chi connectivity index (χ1n) is 9.93. The topological polar surface area (TPSA) is 105 Å². The third-order valence-corrected chi connectivity index (χ3v) is 5.56. The highest BCUT2D eigenvalue weighted by Gasteiger charge is 2.23. The van der Waals surface area contributed by atoms with Gasteiger partial charge in [-0.1, -0.05) is 0 Å². The van der Waals surface area contributed by atoms with E-state index in [1.807, 2.05) is 31.4 Å². The fourth-order valence-corrected chi connectivity index (χ4v) is 3.93. The normalized spacial score (nSPS) is 17.0. The molecule has 5 heterocycles. The van der Waals surface area contributed by atoms with E-state index in [2.05, 4.69) is 26.9 Å². The van der Waals surface area contributed by atoms with E-state index in [0.29, 0.717) is 24.7 Å². The van der Waals surface area contributed by atoms with Crippen molar-refractivity contribution in [3.63, 3.8) is 0 Å². The largest absolute Gasteiger partial charge is 0.390 e. The Hall–Kier alpha value is -3.30. The molecule has 0 radical (unpaired) electrons. The molecule has 30 heavy (non-hydrogen) atoms. The fourth-order valence-electron chi connectivity index (χ4n) is 3.93. The van der Waals surface area contributed by atoms with Crippen molar-refractivity contribution in [1.29, 1.82) is 0 Å². The lowest BCUT2D eigenvalue weighted by Gasteiger charge is -2.34. The lowest BCUT2D eigenvalue weighted by molar-refractivity contribution is 0.0985. The Morgan fingerprint density at radius 1 is 1.27 bits per heavy atom. The second-order valence-corrected chi connectivity index (χ2v) is 7.44. The molecule has 0 saturated carbocycles. The van der Waals surface area contributed by atoms with Crippen molar-refractivity contribution in [2.45, 2.75) is 19.6 Å². The molecule has 1 saturated heterocycles. The number of pyridine rings is 1. The van der Waals surface area contributed by atoms with Crippen LogP contribution in [0.25, 0.3) is 33.7 Å². The number of morpholine rings is 1. The minimum atomic E-state index is -0.119. The number of hydrogen-bond acceptors (Lipinski definition) is 7. The maximum atomic E-state index is 9.87. The number of aryl methyl sites for hydroxylation is 1. The van der Waals surface area contributed by atoms with Crippen LogP contribution in [0.3, 0.4) is 0 Å². The Labute approximate surface area is 173 Å². The lowest BCUT2D eigenvalue weighted by atomic mass is 10.1. The van der Waals surface area contributed by atoms with Gasteiger partial charge in [0.15, 0.2) is 5.82 Å². The molecule has 9 heteroatoms. The van der Waals surface area contributed by atoms with Crippen LogP contribution in [0.2, 0.25) is 0 Å². The van der Waals surface area contributed by atoms with E-state index in [1.165, 1.54) is 0 Å². The van der Waals surface area contributed by atoms with Crippen molar-refractivity contribution < 1.29 is 9.84 Å². The molecule has 1 aliphatic heterocycles. The third kappa shape index (κ3) is 3.12. The number of hydrogen-bond donors (Lipinski definition) is 2. The van der Waals surface area contributed by atoms with Gasteiger partial charge in [0.25, 0.3) is 0 Å². The first-order valence-corrected chi connectivity index (χ1v) is 9.93. The van der Waals surface area contributed by atoms with Gasteiger partial charge >= 0.3 is 0 Å². The van der Waals surface area contributed by atoms with Crippen LogP contribution in [0.4, 0.5) is 5.82 Å². The van der Waals surface area contributed by atoms with E-state index in [0.717, 1.165) is 40.2 Å². The number of aromatic nitrogens is 6. The van der Waals surface area contributed by atoms with E-state index in [4.69, 9.17) is 14.7 Å². The fraction of sp³-hybridized carbons (Fsp3) is 0.333. The second-order valence-electron chi connectivity index (χ2n) is 7.44. The SMILES string of the molecule is C[C@@H]1COCCN1c1cc(-c2cnn(C)c2CO)nc(-c2ccnc3[nH]ccc23)n1. The van der Waals surface area contributed by atoms with Crippen molar-refractivity contribution in [3.8, 4) is 22.6 Å². The minimum Gasteiger partial charge on any atom is -0.390 e. The average molecular weight is 405 g/mol. The first-order chi connectivity index (χ1) is 14.7. The third-order valence-electron chi connectivity index (χ3n) is 5.56. The lowest BCUT2D eigenvalue weighted by Crippen LogP contribution is -2.44.